The first-order valence-electron chi connectivity index (χ1n) is 5.04. The van der Waals surface area contributed by atoms with E-state index in [1.807, 2.05) is 26.0 Å². The van der Waals surface area contributed by atoms with Crippen LogP contribution in [-0.2, 0) is 9.47 Å². The van der Waals surface area contributed by atoms with Gasteiger partial charge in [0.2, 0.25) is 0 Å². The maximum Gasteiger partial charge on any atom is 0.171 e. The molecule has 4 heteroatoms. The maximum atomic E-state index is 5.30. The normalized spacial score (nSPS) is 15.5. The lowest BCUT2D eigenvalue weighted by atomic mass is 10.2. The number of hydrogen-bond donors (Lipinski definition) is 1. The van der Waals surface area contributed by atoms with E-state index in [2.05, 4.69) is 5.32 Å². The molecular formula is C11H19NO3. The lowest BCUT2D eigenvalue weighted by Gasteiger charge is -2.24. The standard InChI is InChI=1S/C11H19NO3/c1-8(10-6-5-7-15-10)12-9(2)11(13-3)14-4/h5-9,11-12H,1-4H3/t8-,9?/m0/s1. The van der Waals surface area contributed by atoms with Crippen molar-refractivity contribution in [2.45, 2.75) is 32.2 Å². The fraction of sp³-hybridized carbons (Fsp3) is 0.636. The van der Waals surface area contributed by atoms with Crippen molar-refractivity contribution in [3.63, 3.8) is 0 Å². The van der Waals surface area contributed by atoms with Crippen LogP contribution in [0, 0.1) is 0 Å². The molecule has 0 aliphatic rings. The first-order chi connectivity index (χ1) is 7.19. The average Bonchev–Trinajstić information content (AvgIpc) is 2.72. The number of nitrogens with one attached hydrogen (secondary N) is 1. The molecule has 0 aromatic carbocycles. The first kappa shape index (κ1) is 12.2. The molecular weight excluding hydrogens is 194 g/mol. The van der Waals surface area contributed by atoms with E-state index in [0.29, 0.717) is 0 Å². The van der Waals surface area contributed by atoms with E-state index in [9.17, 15) is 0 Å². The molecule has 15 heavy (non-hydrogen) atoms. The summed E-state index contributed by atoms with van der Waals surface area (Å²) in [6.45, 7) is 4.05. The van der Waals surface area contributed by atoms with Crippen LogP contribution in [0.25, 0.3) is 0 Å². The van der Waals surface area contributed by atoms with Gasteiger partial charge in [0, 0.05) is 14.2 Å². The van der Waals surface area contributed by atoms with Crippen LogP contribution in [0.5, 0.6) is 0 Å². The Kier molecular flexibility index (Phi) is 4.81. The summed E-state index contributed by atoms with van der Waals surface area (Å²) in [6, 6.07) is 4.06. The Morgan fingerprint density at radius 3 is 2.40 bits per heavy atom. The van der Waals surface area contributed by atoms with Gasteiger partial charge in [0.15, 0.2) is 6.29 Å². The molecule has 1 aromatic rings. The van der Waals surface area contributed by atoms with E-state index in [1.165, 1.54) is 0 Å². The van der Waals surface area contributed by atoms with Gasteiger partial charge in [0.25, 0.3) is 0 Å². The summed E-state index contributed by atoms with van der Waals surface area (Å²) in [5.41, 5.74) is 0. The Bertz CT molecular complexity index is 257. The lowest BCUT2D eigenvalue weighted by Crippen LogP contribution is -2.40. The maximum absolute atomic E-state index is 5.30. The molecule has 0 fully saturated rings. The fourth-order valence-electron chi connectivity index (χ4n) is 1.60. The van der Waals surface area contributed by atoms with Crippen molar-refractivity contribution in [1.82, 2.24) is 5.32 Å². The van der Waals surface area contributed by atoms with Crippen molar-refractivity contribution >= 4 is 0 Å². The van der Waals surface area contributed by atoms with E-state index in [-0.39, 0.29) is 18.4 Å². The van der Waals surface area contributed by atoms with Crippen molar-refractivity contribution < 1.29 is 13.9 Å². The third kappa shape index (κ3) is 3.34. The molecule has 0 bridgehead atoms. The molecule has 1 aromatic heterocycles. The summed E-state index contributed by atoms with van der Waals surface area (Å²) in [5.74, 6) is 0.910. The van der Waals surface area contributed by atoms with Crippen LogP contribution in [0.15, 0.2) is 22.8 Å². The predicted molar refractivity (Wildman–Crippen MR) is 57.5 cm³/mol. The van der Waals surface area contributed by atoms with E-state index < -0.39 is 0 Å². The zero-order valence-corrected chi connectivity index (χ0v) is 9.69. The SMILES string of the molecule is COC(OC)C(C)N[C@@H](C)c1ccco1. The minimum absolute atomic E-state index is 0.0973. The molecule has 0 spiro atoms. The van der Waals surface area contributed by atoms with Crippen molar-refractivity contribution in [3.8, 4) is 0 Å². The summed E-state index contributed by atoms with van der Waals surface area (Å²) < 4.78 is 15.6. The largest absolute Gasteiger partial charge is 0.468 e. The summed E-state index contributed by atoms with van der Waals surface area (Å²) >= 11 is 0. The van der Waals surface area contributed by atoms with Crippen LogP contribution >= 0.6 is 0 Å². The zero-order chi connectivity index (χ0) is 11.3. The van der Waals surface area contributed by atoms with Crippen LogP contribution in [0.1, 0.15) is 25.6 Å². The average molecular weight is 213 g/mol. The molecule has 0 radical (unpaired) electrons. The minimum atomic E-state index is -0.248. The first-order valence-corrected chi connectivity index (χ1v) is 5.04. The van der Waals surface area contributed by atoms with Gasteiger partial charge < -0.3 is 19.2 Å². The van der Waals surface area contributed by atoms with Gasteiger partial charge in [-0.15, -0.1) is 0 Å². The Labute approximate surface area is 90.6 Å². The summed E-state index contributed by atoms with van der Waals surface area (Å²) in [7, 11) is 3.26. The molecule has 1 N–H and O–H groups in total. The van der Waals surface area contributed by atoms with E-state index >= 15 is 0 Å². The van der Waals surface area contributed by atoms with Crippen LogP contribution in [0.3, 0.4) is 0 Å². The highest BCUT2D eigenvalue weighted by atomic mass is 16.7. The Morgan fingerprint density at radius 1 is 1.27 bits per heavy atom. The van der Waals surface area contributed by atoms with Gasteiger partial charge in [0.05, 0.1) is 18.3 Å². The molecule has 86 valence electrons. The Hall–Kier alpha value is -0.840. The third-order valence-electron chi connectivity index (χ3n) is 2.36. The highest BCUT2D eigenvalue weighted by Gasteiger charge is 2.19. The van der Waals surface area contributed by atoms with Gasteiger partial charge in [-0.05, 0) is 26.0 Å². The molecule has 0 aliphatic carbocycles. The van der Waals surface area contributed by atoms with Crippen molar-refractivity contribution in [2.24, 2.45) is 0 Å². The van der Waals surface area contributed by atoms with Crippen LogP contribution in [-0.4, -0.2) is 26.6 Å². The number of rotatable bonds is 6. The smallest absolute Gasteiger partial charge is 0.171 e. The molecule has 2 atom stereocenters. The van der Waals surface area contributed by atoms with Gasteiger partial charge in [-0.3, -0.25) is 0 Å². The number of hydrogen-bond acceptors (Lipinski definition) is 4. The second-order valence-corrected chi connectivity index (χ2v) is 3.53. The van der Waals surface area contributed by atoms with Gasteiger partial charge in [-0.2, -0.15) is 0 Å². The monoisotopic (exact) mass is 213 g/mol. The molecule has 0 saturated carbocycles. The zero-order valence-electron chi connectivity index (χ0n) is 9.69. The molecule has 0 saturated heterocycles. The molecule has 4 nitrogen and oxygen atoms in total. The number of methoxy groups -OCH3 is 2. The van der Waals surface area contributed by atoms with Gasteiger partial charge in [0.1, 0.15) is 5.76 Å². The quantitative estimate of drug-likeness (QED) is 0.733. The molecule has 0 aliphatic heterocycles. The predicted octanol–water partition coefficient (Wildman–Crippen LogP) is 1.94. The van der Waals surface area contributed by atoms with Crippen molar-refractivity contribution in [3.05, 3.63) is 24.2 Å². The summed E-state index contributed by atoms with van der Waals surface area (Å²) in [6.07, 6.45) is 1.42. The molecule has 0 amide bonds. The molecule has 1 heterocycles. The van der Waals surface area contributed by atoms with E-state index in [1.54, 1.807) is 20.5 Å². The van der Waals surface area contributed by atoms with Crippen molar-refractivity contribution in [1.29, 1.82) is 0 Å². The fourth-order valence-corrected chi connectivity index (χ4v) is 1.60. The molecule has 1 unspecified atom stereocenters. The summed E-state index contributed by atoms with van der Waals surface area (Å²) in [5, 5.41) is 3.34. The number of ether oxygens (including phenoxy) is 2. The van der Waals surface area contributed by atoms with Gasteiger partial charge in [-0.25, -0.2) is 0 Å². The highest BCUT2D eigenvalue weighted by Crippen LogP contribution is 2.14. The van der Waals surface area contributed by atoms with Crippen LogP contribution < -0.4 is 5.32 Å². The second-order valence-electron chi connectivity index (χ2n) is 3.53. The lowest BCUT2D eigenvalue weighted by molar-refractivity contribution is -0.121. The van der Waals surface area contributed by atoms with E-state index in [0.717, 1.165) is 5.76 Å². The third-order valence-corrected chi connectivity index (χ3v) is 2.36. The van der Waals surface area contributed by atoms with E-state index in [4.69, 9.17) is 13.9 Å². The summed E-state index contributed by atoms with van der Waals surface area (Å²) in [4.78, 5) is 0. The van der Waals surface area contributed by atoms with Gasteiger partial charge in [-0.1, -0.05) is 0 Å². The minimum Gasteiger partial charge on any atom is -0.468 e. The van der Waals surface area contributed by atoms with Crippen LogP contribution in [0.2, 0.25) is 0 Å². The van der Waals surface area contributed by atoms with Crippen molar-refractivity contribution in [2.75, 3.05) is 14.2 Å². The Balaban J connectivity index is 2.47. The highest BCUT2D eigenvalue weighted by molar-refractivity contribution is 5.03. The number of furan rings is 1. The molecule has 1 rings (SSSR count). The van der Waals surface area contributed by atoms with Gasteiger partial charge >= 0.3 is 0 Å². The Morgan fingerprint density at radius 2 is 1.93 bits per heavy atom. The topological polar surface area (TPSA) is 43.6 Å². The second kappa shape index (κ2) is 5.90. The van der Waals surface area contributed by atoms with Crippen LogP contribution in [0.4, 0.5) is 0 Å².